The number of fused-ring (bicyclic) bond motifs is 1. The van der Waals surface area contributed by atoms with Gasteiger partial charge < -0.3 is 9.14 Å². The smallest absolute Gasteiger partial charge is 0.308 e. The van der Waals surface area contributed by atoms with Crippen LogP contribution in [0.2, 0.25) is 0 Å². The SMILES string of the molecule is Cc1cc(C)n(CCC(=O)OCc2cn3ccccc3c2C#N)n1. The molecule has 3 heterocycles. The summed E-state index contributed by atoms with van der Waals surface area (Å²) in [6, 6.07) is 9.78. The topological polar surface area (TPSA) is 72.3 Å². The van der Waals surface area contributed by atoms with E-state index in [1.54, 1.807) is 4.68 Å². The normalized spacial score (nSPS) is 10.7. The molecule has 0 unspecified atom stereocenters. The van der Waals surface area contributed by atoms with E-state index in [1.807, 2.05) is 54.9 Å². The van der Waals surface area contributed by atoms with Crippen molar-refractivity contribution in [2.24, 2.45) is 0 Å². The minimum atomic E-state index is -0.304. The Labute approximate surface area is 139 Å². The van der Waals surface area contributed by atoms with Crippen LogP contribution in [0.15, 0.2) is 36.7 Å². The van der Waals surface area contributed by atoms with Crippen molar-refractivity contribution in [1.82, 2.24) is 14.2 Å². The first kappa shape index (κ1) is 15.8. The maximum Gasteiger partial charge on any atom is 0.308 e. The summed E-state index contributed by atoms with van der Waals surface area (Å²) < 4.78 is 8.98. The standard InChI is InChI=1S/C18H18N4O2/c1-13-9-14(2)22(20-13)8-6-18(23)24-12-15-11-21-7-4-3-5-17(21)16(15)10-19/h3-5,7,9,11H,6,8,12H2,1-2H3. The maximum absolute atomic E-state index is 12.0. The molecule has 0 aliphatic heterocycles. The predicted molar refractivity (Wildman–Crippen MR) is 88.2 cm³/mol. The molecule has 3 aromatic heterocycles. The molecule has 122 valence electrons. The zero-order chi connectivity index (χ0) is 17.1. The van der Waals surface area contributed by atoms with Gasteiger partial charge in [0.15, 0.2) is 0 Å². The van der Waals surface area contributed by atoms with Crippen molar-refractivity contribution in [1.29, 1.82) is 5.26 Å². The van der Waals surface area contributed by atoms with E-state index in [9.17, 15) is 10.1 Å². The summed E-state index contributed by atoms with van der Waals surface area (Å²) in [5.74, 6) is -0.304. The maximum atomic E-state index is 12.0. The molecule has 6 heteroatoms. The van der Waals surface area contributed by atoms with Gasteiger partial charge in [0.1, 0.15) is 12.7 Å². The first-order chi connectivity index (χ1) is 11.6. The Morgan fingerprint density at radius 3 is 2.92 bits per heavy atom. The van der Waals surface area contributed by atoms with E-state index < -0.39 is 0 Å². The number of rotatable bonds is 5. The molecule has 6 nitrogen and oxygen atoms in total. The zero-order valence-corrected chi connectivity index (χ0v) is 13.7. The fraction of sp³-hybridized carbons (Fsp3) is 0.278. The molecular formula is C18H18N4O2. The minimum absolute atomic E-state index is 0.0977. The molecule has 0 aliphatic rings. The fourth-order valence-electron chi connectivity index (χ4n) is 2.74. The van der Waals surface area contributed by atoms with Crippen LogP contribution in [0.5, 0.6) is 0 Å². The van der Waals surface area contributed by atoms with Gasteiger partial charge in [-0.05, 0) is 32.0 Å². The van der Waals surface area contributed by atoms with Gasteiger partial charge in [-0.15, -0.1) is 0 Å². The number of nitrogens with zero attached hydrogens (tertiary/aromatic N) is 4. The van der Waals surface area contributed by atoms with Gasteiger partial charge in [0.2, 0.25) is 0 Å². The van der Waals surface area contributed by atoms with E-state index in [2.05, 4.69) is 11.2 Å². The van der Waals surface area contributed by atoms with E-state index in [-0.39, 0.29) is 19.0 Å². The molecule has 3 rings (SSSR count). The van der Waals surface area contributed by atoms with Crippen molar-refractivity contribution in [2.45, 2.75) is 33.4 Å². The number of hydrogen-bond acceptors (Lipinski definition) is 4. The summed E-state index contributed by atoms with van der Waals surface area (Å²) in [7, 11) is 0. The van der Waals surface area contributed by atoms with Gasteiger partial charge in [-0.1, -0.05) is 6.07 Å². The van der Waals surface area contributed by atoms with Crippen LogP contribution in [0, 0.1) is 25.2 Å². The van der Waals surface area contributed by atoms with Gasteiger partial charge in [0.05, 0.1) is 29.7 Å². The predicted octanol–water partition coefficient (Wildman–Crippen LogP) is 2.76. The summed E-state index contributed by atoms with van der Waals surface area (Å²) in [5.41, 5.74) is 4.02. The number of esters is 1. The van der Waals surface area contributed by atoms with Gasteiger partial charge >= 0.3 is 5.97 Å². The van der Waals surface area contributed by atoms with Gasteiger partial charge in [0, 0.05) is 23.7 Å². The molecule has 24 heavy (non-hydrogen) atoms. The van der Waals surface area contributed by atoms with Crippen molar-refractivity contribution in [3.8, 4) is 6.07 Å². The van der Waals surface area contributed by atoms with Crippen LogP contribution >= 0.6 is 0 Å². The zero-order valence-electron chi connectivity index (χ0n) is 13.7. The Morgan fingerprint density at radius 1 is 1.38 bits per heavy atom. The van der Waals surface area contributed by atoms with Crippen molar-refractivity contribution < 1.29 is 9.53 Å². The van der Waals surface area contributed by atoms with Crippen molar-refractivity contribution in [3.05, 3.63) is 59.2 Å². The third-order valence-corrected chi connectivity index (χ3v) is 3.89. The molecule has 0 aromatic carbocycles. The minimum Gasteiger partial charge on any atom is -0.461 e. The van der Waals surface area contributed by atoms with Crippen LogP contribution < -0.4 is 0 Å². The second kappa shape index (κ2) is 6.59. The molecule has 0 fully saturated rings. The Hall–Kier alpha value is -3.07. The molecule has 0 atom stereocenters. The van der Waals surface area contributed by atoms with Gasteiger partial charge in [-0.25, -0.2) is 0 Å². The third kappa shape index (κ3) is 3.15. The highest BCUT2D eigenvalue weighted by Gasteiger charge is 2.12. The summed E-state index contributed by atoms with van der Waals surface area (Å²) in [6.07, 6.45) is 3.93. The number of pyridine rings is 1. The average molecular weight is 322 g/mol. The van der Waals surface area contributed by atoms with Crippen molar-refractivity contribution in [3.63, 3.8) is 0 Å². The summed E-state index contributed by atoms with van der Waals surface area (Å²) in [4.78, 5) is 12.0. The van der Waals surface area contributed by atoms with Crippen LogP contribution in [0.3, 0.4) is 0 Å². The van der Waals surface area contributed by atoms with Crippen molar-refractivity contribution in [2.75, 3.05) is 0 Å². The number of carbonyl (C=O) groups excluding carboxylic acids is 1. The Kier molecular flexibility index (Phi) is 4.34. The first-order valence-corrected chi connectivity index (χ1v) is 7.74. The molecule has 0 N–H and O–H groups in total. The van der Waals surface area contributed by atoms with Gasteiger partial charge in [-0.3, -0.25) is 9.48 Å². The molecule has 3 aromatic rings. The van der Waals surface area contributed by atoms with Crippen LogP contribution in [0.25, 0.3) is 5.52 Å². The molecular weight excluding hydrogens is 304 g/mol. The summed E-state index contributed by atoms with van der Waals surface area (Å²) in [6.45, 7) is 4.46. The quantitative estimate of drug-likeness (QED) is 0.677. The Morgan fingerprint density at radius 2 is 2.21 bits per heavy atom. The lowest BCUT2D eigenvalue weighted by Crippen LogP contribution is -2.11. The van der Waals surface area contributed by atoms with Crippen LogP contribution in [0.4, 0.5) is 0 Å². The summed E-state index contributed by atoms with van der Waals surface area (Å²) in [5, 5.41) is 13.7. The number of carbonyl (C=O) groups is 1. The Bertz CT molecular complexity index is 930. The van der Waals surface area contributed by atoms with Crippen LogP contribution in [0.1, 0.15) is 28.9 Å². The summed E-state index contributed by atoms with van der Waals surface area (Å²) >= 11 is 0. The second-order valence-corrected chi connectivity index (χ2v) is 5.70. The number of aryl methyl sites for hydroxylation is 3. The van der Waals surface area contributed by atoms with Crippen LogP contribution in [-0.2, 0) is 22.7 Å². The largest absolute Gasteiger partial charge is 0.461 e. The van der Waals surface area contributed by atoms with E-state index >= 15 is 0 Å². The number of hydrogen-bond donors (Lipinski definition) is 0. The highest BCUT2D eigenvalue weighted by atomic mass is 16.5. The molecule has 0 saturated heterocycles. The number of aromatic nitrogens is 3. The van der Waals surface area contributed by atoms with E-state index in [0.29, 0.717) is 17.7 Å². The van der Waals surface area contributed by atoms with Gasteiger partial charge in [0.25, 0.3) is 0 Å². The highest BCUT2D eigenvalue weighted by Crippen LogP contribution is 2.18. The fourth-order valence-corrected chi connectivity index (χ4v) is 2.74. The molecule has 0 aliphatic carbocycles. The average Bonchev–Trinajstić information content (AvgIpc) is 3.09. The highest BCUT2D eigenvalue weighted by molar-refractivity contribution is 5.70. The Balaban J connectivity index is 1.62. The first-order valence-electron chi connectivity index (χ1n) is 7.74. The molecule has 0 bridgehead atoms. The van der Waals surface area contributed by atoms with E-state index in [4.69, 9.17) is 4.74 Å². The molecule has 0 radical (unpaired) electrons. The number of ether oxygens (including phenoxy) is 1. The molecule has 0 spiro atoms. The second-order valence-electron chi connectivity index (χ2n) is 5.70. The monoisotopic (exact) mass is 322 g/mol. The lowest BCUT2D eigenvalue weighted by atomic mass is 10.2. The van der Waals surface area contributed by atoms with Crippen molar-refractivity contribution >= 4 is 11.5 Å². The lowest BCUT2D eigenvalue weighted by Gasteiger charge is -2.05. The van der Waals surface area contributed by atoms with Gasteiger partial charge in [-0.2, -0.15) is 10.4 Å². The third-order valence-electron chi connectivity index (χ3n) is 3.89. The van der Waals surface area contributed by atoms with Crippen LogP contribution in [-0.4, -0.2) is 20.2 Å². The van der Waals surface area contributed by atoms with E-state index in [1.165, 1.54) is 0 Å². The van der Waals surface area contributed by atoms with E-state index in [0.717, 1.165) is 16.9 Å². The molecule has 0 amide bonds. The lowest BCUT2D eigenvalue weighted by molar-refractivity contribution is -0.145. The number of nitriles is 1. The molecule has 0 saturated carbocycles.